The predicted octanol–water partition coefficient (Wildman–Crippen LogP) is 6.49. The standard InChI is InChI=1S/C21H43NO/c1-6-11-14-19(20(23)22-18-13-8-3)21(15-9-4,16-10-5)17-12-7-2/h19H,6-18H2,1-5H3,(H,22,23). The maximum Gasteiger partial charge on any atom is 0.223 e. The minimum absolute atomic E-state index is 0.214. The molecule has 0 aliphatic heterocycles. The Bertz CT molecular complexity index is 282. The van der Waals surface area contributed by atoms with E-state index in [0.29, 0.717) is 5.91 Å². The molecule has 0 aliphatic carbocycles. The molecule has 0 aromatic heterocycles. The average Bonchev–Trinajstić information content (AvgIpc) is 2.54. The van der Waals surface area contributed by atoms with Crippen LogP contribution >= 0.6 is 0 Å². The van der Waals surface area contributed by atoms with Gasteiger partial charge in [0.1, 0.15) is 0 Å². The minimum atomic E-state index is 0.214. The molecule has 0 aromatic carbocycles. The Kier molecular flexibility index (Phi) is 13.5. The third kappa shape index (κ3) is 8.22. The van der Waals surface area contributed by atoms with E-state index in [1.54, 1.807) is 0 Å². The first-order valence-electron chi connectivity index (χ1n) is 10.4. The van der Waals surface area contributed by atoms with Gasteiger partial charge in [-0.2, -0.15) is 0 Å². The number of carbonyl (C=O) groups excluding carboxylic acids is 1. The van der Waals surface area contributed by atoms with Gasteiger partial charge in [0.05, 0.1) is 0 Å². The van der Waals surface area contributed by atoms with Gasteiger partial charge in [-0.05, 0) is 37.5 Å². The molecule has 0 radical (unpaired) electrons. The first-order valence-corrected chi connectivity index (χ1v) is 10.4. The largest absolute Gasteiger partial charge is 0.356 e. The molecule has 23 heavy (non-hydrogen) atoms. The Morgan fingerprint density at radius 3 is 1.83 bits per heavy atom. The van der Waals surface area contributed by atoms with Gasteiger partial charge in [0.25, 0.3) is 0 Å². The van der Waals surface area contributed by atoms with Gasteiger partial charge >= 0.3 is 0 Å². The zero-order chi connectivity index (χ0) is 17.6. The van der Waals surface area contributed by atoms with E-state index < -0.39 is 0 Å². The maximum atomic E-state index is 13.0. The molecule has 0 saturated carbocycles. The summed E-state index contributed by atoms with van der Waals surface area (Å²) in [4.78, 5) is 13.0. The summed E-state index contributed by atoms with van der Waals surface area (Å²) in [5, 5.41) is 3.25. The first-order chi connectivity index (χ1) is 11.1. The molecule has 0 bridgehead atoms. The lowest BCUT2D eigenvalue weighted by atomic mass is 9.64. The molecular formula is C21H43NO. The highest BCUT2D eigenvalue weighted by Gasteiger charge is 2.40. The van der Waals surface area contributed by atoms with E-state index in [9.17, 15) is 4.79 Å². The van der Waals surface area contributed by atoms with E-state index in [1.807, 2.05) is 0 Å². The van der Waals surface area contributed by atoms with E-state index >= 15 is 0 Å². The Hall–Kier alpha value is -0.530. The van der Waals surface area contributed by atoms with Crippen LogP contribution in [0, 0.1) is 11.3 Å². The second-order valence-corrected chi connectivity index (χ2v) is 7.31. The Balaban J connectivity index is 5.26. The lowest BCUT2D eigenvalue weighted by Gasteiger charge is -2.41. The van der Waals surface area contributed by atoms with Crippen molar-refractivity contribution in [1.82, 2.24) is 5.32 Å². The molecule has 138 valence electrons. The zero-order valence-electron chi connectivity index (χ0n) is 16.7. The van der Waals surface area contributed by atoms with Crippen LogP contribution in [0.3, 0.4) is 0 Å². The number of amides is 1. The van der Waals surface area contributed by atoms with E-state index in [1.165, 1.54) is 57.8 Å². The molecule has 0 aromatic rings. The molecule has 0 aliphatic rings. The van der Waals surface area contributed by atoms with Crippen molar-refractivity contribution in [2.45, 2.75) is 112 Å². The van der Waals surface area contributed by atoms with Gasteiger partial charge < -0.3 is 5.32 Å². The van der Waals surface area contributed by atoms with Crippen LogP contribution in [0.2, 0.25) is 0 Å². The van der Waals surface area contributed by atoms with Crippen LogP contribution < -0.4 is 5.32 Å². The van der Waals surface area contributed by atoms with Gasteiger partial charge in [0.15, 0.2) is 0 Å². The molecule has 1 N–H and O–H groups in total. The van der Waals surface area contributed by atoms with Crippen LogP contribution in [-0.2, 0) is 4.79 Å². The van der Waals surface area contributed by atoms with Crippen LogP contribution in [0.15, 0.2) is 0 Å². The summed E-state index contributed by atoms with van der Waals surface area (Å²) < 4.78 is 0. The van der Waals surface area contributed by atoms with Crippen molar-refractivity contribution in [3.8, 4) is 0 Å². The van der Waals surface area contributed by atoms with E-state index in [4.69, 9.17) is 0 Å². The number of hydrogen-bond donors (Lipinski definition) is 1. The molecule has 0 heterocycles. The van der Waals surface area contributed by atoms with Crippen LogP contribution in [-0.4, -0.2) is 12.5 Å². The fraction of sp³-hybridized carbons (Fsp3) is 0.952. The van der Waals surface area contributed by atoms with Crippen molar-refractivity contribution < 1.29 is 4.79 Å². The third-order valence-electron chi connectivity index (χ3n) is 5.26. The molecule has 1 atom stereocenters. The smallest absolute Gasteiger partial charge is 0.223 e. The summed E-state index contributed by atoms with van der Waals surface area (Å²) >= 11 is 0. The average molecular weight is 326 g/mol. The second-order valence-electron chi connectivity index (χ2n) is 7.31. The minimum Gasteiger partial charge on any atom is -0.356 e. The molecule has 2 nitrogen and oxygen atoms in total. The molecule has 2 heteroatoms. The van der Waals surface area contributed by atoms with Gasteiger partial charge in [-0.25, -0.2) is 0 Å². The molecule has 0 rings (SSSR count). The van der Waals surface area contributed by atoms with E-state index in [-0.39, 0.29) is 11.3 Å². The van der Waals surface area contributed by atoms with Gasteiger partial charge in [-0.15, -0.1) is 0 Å². The predicted molar refractivity (Wildman–Crippen MR) is 103 cm³/mol. The maximum absolute atomic E-state index is 13.0. The van der Waals surface area contributed by atoms with Crippen molar-refractivity contribution in [3.05, 3.63) is 0 Å². The van der Waals surface area contributed by atoms with E-state index in [2.05, 4.69) is 39.9 Å². The van der Waals surface area contributed by atoms with Gasteiger partial charge in [-0.1, -0.05) is 79.6 Å². The van der Waals surface area contributed by atoms with Crippen LogP contribution in [0.1, 0.15) is 112 Å². The van der Waals surface area contributed by atoms with Crippen molar-refractivity contribution >= 4 is 5.91 Å². The quantitative estimate of drug-likeness (QED) is 0.343. The summed E-state index contributed by atoms with van der Waals surface area (Å²) in [7, 11) is 0. The van der Waals surface area contributed by atoms with Crippen molar-refractivity contribution in [1.29, 1.82) is 0 Å². The summed E-state index contributed by atoms with van der Waals surface area (Å²) in [6.07, 6.45) is 14.2. The highest BCUT2D eigenvalue weighted by molar-refractivity contribution is 5.79. The van der Waals surface area contributed by atoms with Crippen molar-refractivity contribution in [2.24, 2.45) is 11.3 Å². The third-order valence-corrected chi connectivity index (χ3v) is 5.26. The van der Waals surface area contributed by atoms with Crippen LogP contribution in [0.5, 0.6) is 0 Å². The van der Waals surface area contributed by atoms with Gasteiger partial charge in [-0.3, -0.25) is 4.79 Å². The van der Waals surface area contributed by atoms with E-state index in [0.717, 1.165) is 25.8 Å². The summed E-state index contributed by atoms with van der Waals surface area (Å²) in [6, 6.07) is 0. The molecule has 0 fully saturated rings. The molecule has 0 saturated heterocycles. The van der Waals surface area contributed by atoms with Crippen molar-refractivity contribution in [3.63, 3.8) is 0 Å². The van der Waals surface area contributed by atoms with Gasteiger partial charge in [0.2, 0.25) is 5.91 Å². The number of unbranched alkanes of at least 4 members (excludes halogenated alkanes) is 3. The zero-order valence-corrected chi connectivity index (χ0v) is 16.7. The monoisotopic (exact) mass is 325 g/mol. The number of carbonyl (C=O) groups is 1. The summed E-state index contributed by atoms with van der Waals surface area (Å²) in [5.74, 6) is 0.552. The number of nitrogens with one attached hydrogen (secondary N) is 1. The molecular weight excluding hydrogens is 282 g/mol. The second kappa shape index (κ2) is 13.9. The lowest BCUT2D eigenvalue weighted by molar-refractivity contribution is -0.131. The van der Waals surface area contributed by atoms with Gasteiger partial charge in [0, 0.05) is 12.5 Å². The highest BCUT2D eigenvalue weighted by atomic mass is 16.1. The summed E-state index contributed by atoms with van der Waals surface area (Å²) in [5.41, 5.74) is 0.227. The number of hydrogen-bond acceptors (Lipinski definition) is 1. The number of rotatable bonds is 15. The topological polar surface area (TPSA) is 29.1 Å². The fourth-order valence-corrected chi connectivity index (χ4v) is 4.06. The highest BCUT2D eigenvalue weighted by Crippen LogP contribution is 2.45. The lowest BCUT2D eigenvalue weighted by Crippen LogP contribution is -2.42. The Morgan fingerprint density at radius 1 is 0.783 bits per heavy atom. The molecule has 0 spiro atoms. The van der Waals surface area contributed by atoms with Crippen molar-refractivity contribution in [2.75, 3.05) is 6.54 Å². The first kappa shape index (κ1) is 22.5. The summed E-state index contributed by atoms with van der Waals surface area (Å²) in [6.45, 7) is 12.1. The molecule has 1 unspecified atom stereocenters. The van der Waals surface area contributed by atoms with Crippen LogP contribution in [0.4, 0.5) is 0 Å². The normalized spacial score (nSPS) is 13.1. The SMILES string of the molecule is CCCCNC(=O)C(CCCC)C(CCC)(CCC)CCCC. The fourth-order valence-electron chi connectivity index (χ4n) is 4.06. The molecule has 1 amide bonds. The Morgan fingerprint density at radius 2 is 1.35 bits per heavy atom. The Labute approximate surface area is 146 Å². The van der Waals surface area contributed by atoms with Crippen LogP contribution in [0.25, 0.3) is 0 Å².